The summed E-state index contributed by atoms with van der Waals surface area (Å²) in [5.41, 5.74) is 3.69. The molecule has 0 aromatic carbocycles. The number of aromatic nitrogens is 1. The van der Waals surface area contributed by atoms with Crippen molar-refractivity contribution in [3.8, 4) is 6.07 Å². The summed E-state index contributed by atoms with van der Waals surface area (Å²) in [5.74, 6) is -0.140. The highest BCUT2D eigenvalue weighted by molar-refractivity contribution is 6.10. The van der Waals surface area contributed by atoms with Crippen LogP contribution in [0.4, 0.5) is 0 Å². The minimum atomic E-state index is -0.140. The van der Waals surface area contributed by atoms with Crippen LogP contribution >= 0.6 is 0 Å². The van der Waals surface area contributed by atoms with Crippen molar-refractivity contribution >= 4 is 17.7 Å². The lowest BCUT2D eigenvalue weighted by molar-refractivity contribution is -0.114. The Kier molecular flexibility index (Phi) is 3.79. The molecule has 0 bridgehead atoms. The number of nitrogens with zero attached hydrogens (tertiary/aromatic N) is 4. The summed E-state index contributed by atoms with van der Waals surface area (Å²) < 4.78 is 0. The highest BCUT2D eigenvalue weighted by Crippen LogP contribution is 2.50. The normalized spacial score (nSPS) is 22.0. The van der Waals surface area contributed by atoms with Crippen LogP contribution in [-0.2, 0) is 11.2 Å². The van der Waals surface area contributed by atoms with Crippen molar-refractivity contribution in [2.75, 3.05) is 13.1 Å². The van der Waals surface area contributed by atoms with Crippen LogP contribution in [0.25, 0.3) is 5.70 Å². The maximum Gasteiger partial charge on any atom is 0.179 e. The molecule has 2 fully saturated rings. The van der Waals surface area contributed by atoms with E-state index in [1.54, 1.807) is 6.20 Å². The molecule has 0 radical (unpaired) electrons. The molecular formula is C19H20N4O2. The molecule has 0 unspecified atom stereocenters. The molecule has 6 heteroatoms. The highest BCUT2D eigenvalue weighted by atomic mass is 16.4. The fourth-order valence-corrected chi connectivity index (χ4v) is 4.34. The molecule has 1 aromatic heterocycles. The van der Waals surface area contributed by atoms with E-state index in [0.29, 0.717) is 11.1 Å². The van der Waals surface area contributed by atoms with Crippen LogP contribution in [0.15, 0.2) is 23.0 Å². The lowest BCUT2D eigenvalue weighted by Crippen LogP contribution is -2.43. The molecule has 6 nitrogen and oxygen atoms in total. The van der Waals surface area contributed by atoms with Crippen molar-refractivity contribution in [1.29, 1.82) is 5.26 Å². The van der Waals surface area contributed by atoms with E-state index in [1.807, 2.05) is 6.07 Å². The molecule has 2 aliphatic carbocycles. The number of fused-ring (bicyclic) bond motifs is 1. The SMILES string of the molecule is N#CC1=C(N2CCC3(CCC3)CC2)c2cc(/C=N/O)ncc2CC1=O. The van der Waals surface area contributed by atoms with Gasteiger partial charge in [-0.25, -0.2) is 0 Å². The van der Waals surface area contributed by atoms with Crippen LogP contribution in [0.1, 0.15) is 48.9 Å². The van der Waals surface area contributed by atoms with Gasteiger partial charge in [0.1, 0.15) is 11.6 Å². The highest BCUT2D eigenvalue weighted by Gasteiger charge is 2.41. The first-order valence-electron chi connectivity index (χ1n) is 8.75. The van der Waals surface area contributed by atoms with Crippen LogP contribution in [0, 0.1) is 16.7 Å². The summed E-state index contributed by atoms with van der Waals surface area (Å²) in [6, 6.07) is 3.93. The molecule has 0 atom stereocenters. The number of allylic oxidation sites excluding steroid dienone is 1. The van der Waals surface area contributed by atoms with E-state index >= 15 is 0 Å². The predicted molar refractivity (Wildman–Crippen MR) is 92.0 cm³/mol. The van der Waals surface area contributed by atoms with Gasteiger partial charge in [0.05, 0.1) is 17.6 Å². The van der Waals surface area contributed by atoms with E-state index in [-0.39, 0.29) is 17.8 Å². The van der Waals surface area contributed by atoms with Gasteiger partial charge in [-0.15, -0.1) is 0 Å². The first-order chi connectivity index (χ1) is 12.2. The van der Waals surface area contributed by atoms with Crippen LogP contribution in [0.2, 0.25) is 0 Å². The monoisotopic (exact) mass is 336 g/mol. The van der Waals surface area contributed by atoms with Crippen LogP contribution < -0.4 is 0 Å². The Morgan fingerprint density at radius 1 is 1.32 bits per heavy atom. The molecule has 1 aliphatic heterocycles. The number of pyridine rings is 1. The summed E-state index contributed by atoms with van der Waals surface area (Å²) in [7, 11) is 0. The summed E-state index contributed by atoms with van der Waals surface area (Å²) in [4.78, 5) is 18.8. The first-order valence-corrected chi connectivity index (χ1v) is 8.75. The zero-order chi connectivity index (χ0) is 17.4. The lowest BCUT2D eigenvalue weighted by atomic mass is 9.63. The number of nitriles is 1. The number of piperidine rings is 1. The fraction of sp³-hybridized carbons (Fsp3) is 0.474. The smallest absolute Gasteiger partial charge is 0.179 e. The first kappa shape index (κ1) is 15.8. The van der Waals surface area contributed by atoms with E-state index < -0.39 is 0 Å². The van der Waals surface area contributed by atoms with Gasteiger partial charge in [0, 0.05) is 31.3 Å². The van der Waals surface area contributed by atoms with E-state index in [2.05, 4.69) is 21.1 Å². The quantitative estimate of drug-likeness (QED) is 0.509. The maximum absolute atomic E-state index is 12.4. The van der Waals surface area contributed by atoms with Gasteiger partial charge in [0.25, 0.3) is 0 Å². The zero-order valence-corrected chi connectivity index (χ0v) is 14.0. The number of Topliss-reactive ketones (excluding diaryl/α,β-unsaturated/α-hetero) is 1. The molecule has 1 aromatic rings. The molecule has 2 heterocycles. The molecule has 1 N–H and O–H groups in total. The number of carbonyl (C=O) groups is 1. The van der Waals surface area contributed by atoms with Gasteiger partial charge in [-0.05, 0) is 42.7 Å². The van der Waals surface area contributed by atoms with Gasteiger partial charge in [-0.1, -0.05) is 11.6 Å². The number of hydrogen-bond acceptors (Lipinski definition) is 6. The van der Waals surface area contributed by atoms with Gasteiger partial charge in [-0.2, -0.15) is 5.26 Å². The van der Waals surface area contributed by atoms with Gasteiger partial charge in [-0.3, -0.25) is 9.78 Å². The Morgan fingerprint density at radius 2 is 2.08 bits per heavy atom. The number of hydrogen-bond donors (Lipinski definition) is 1. The van der Waals surface area contributed by atoms with Crippen molar-refractivity contribution in [2.24, 2.45) is 10.6 Å². The van der Waals surface area contributed by atoms with Crippen molar-refractivity contribution < 1.29 is 10.0 Å². The molecule has 4 rings (SSSR count). The zero-order valence-electron chi connectivity index (χ0n) is 14.0. The molecule has 1 spiro atoms. The largest absolute Gasteiger partial charge is 0.411 e. The van der Waals surface area contributed by atoms with Crippen molar-refractivity contribution in [2.45, 2.75) is 38.5 Å². The Balaban J connectivity index is 1.74. The van der Waals surface area contributed by atoms with Gasteiger partial charge >= 0.3 is 0 Å². The molecule has 128 valence electrons. The van der Waals surface area contributed by atoms with Crippen LogP contribution in [0.5, 0.6) is 0 Å². The number of carbonyl (C=O) groups excluding carboxylic acids is 1. The second kappa shape index (κ2) is 5.99. The number of ketones is 1. The van der Waals surface area contributed by atoms with Crippen molar-refractivity contribution in [3.05, 3.63) is 34.7 Å². The fourth-order valence-electron chi connectivity index (χ4n) is 4.34. The van der Waals surface area contributed by atoms with E-state index in [4.69, 9.17) is 5.21 Å². The average molecular weight is 336 g/mol. The maximum atomic E-state index is 12.4. The third-order valence-corrected chi connectivity index (χ3v) is 5.99. The lowest BCUT2D eigenvalue weighted by Gasteiger charge is -2.49. The van der Waals surface area contributed by atoms with Crippen molar-refractivity contribution in [3.63, 3.8) is 0 Å². The Hall–Kier alpha value is -2.68. The molecular weight excluding hydrogens is 316 g/mol. The molecule has 3 aliphatic rings. The van der Waals surface area contributed by atoms with Gasteiger partial charge < -0.3 is 10.1 Å². The summed E-state index contributed by atoms with van der Waals surface area (Å²) >= 11 is 0. The van der Waals surface area contributed by atoms with E-state index in [9.17, 15) is 10.1 Å². The standard InChI is InChI=1S/C19H20N4O2/c20-10-16-17(24)8-13-11-21-14(12-22-25)9-15(13)18(16)23-6-4-19(5-7-23)2-1-3-19/h9,11-12,25H,1-8H2/b22-12+. The summed E-state index contributed by atoms with van der Waals surface area (Å²) in [6.45, 7) is 1.75. The minimum Gasteiger partial charge on any atom is -0.411 e. The number of likely N-dealkylation sites (tertiary alicyclic amines) is 1. The molecule has 1 saturated heterocycles. The third kappa shape index (κ3) is 2.60. The third-order valence-electron chi connectivity index (χ3n) is 5.99. The van der Waals surface area contributed by atoms with Gasteiger partial charge in [0.15, 0.2) is 5.78 Å². The van der Waals surface area contributed by atoms with Gasteiger partial charge in [0.2, 0.25) is 0 Å². The number of oxime groups is 1. The molecule has 0 amide bonds. The Labute approximate surface area is 146 Å². The Morgan fingerprint density at radius 3 is 2.68 bits per heavy atom. The second-order valence-electron chi connectivity index (χ2n) is 7.29. The molecule has 1 saturated carbocycles. The van der Waals surface area contributed by atoms with E-state index in [0.717, 1.165) is 42.8 Å². The summed E-state index contributed by atoms with van der Waals surface area (Å²) in [6.07, 6.45) is 9.29. The molecule has 25 heavy (non-hydrogen) atoms. The van der Waals surface area contributed by atoms with Crippen molar-refractivity contribution in [1.82, 2.24) is 9.88 Å². The second-order valence-corrected chi connectivity index (χ2v) is 7.29. The van der Waals surface area contributed by atoms with E-state index in [1.165, 1.54) is 25.5 Å². The minimum absolute atomic E-state index is 0.140. The van der Waals surface area contributed by atoms with Crippen LogP contribution in [0.3, 0.4) is 0 Å². The van der Waals surface area contributed by atoms with Crippen LogP contribution in [-0.4, -0.2) is 40.2 Å². The number of rotatable bonds is 2. The topological polar surface area (TPSA) is 89.6 Å². The average Bonchev–Trinajstić information content (AvgIpc) is 2.60. The predicted octanol–water partition coefficient (Wildman–Crippen LogP) is 2.52. The summed E-state index contributed by atoms with van der Waals surface area (Å²) in [5, 5.41) is 21.4. The Bertz CT molecular complexity index is 820.